The lowest BCUT2D eigenvalue weighted by molar-refractivity contribution is 0.0959. The van der Waals surface area contributed by atoms with E-state index in [0.29, 0.717) is 12.3 Å². The van der Waals surface area contributed by atoms with Crippen LogP contribution in [0.15, 0.2) is 38.9 Å². The third-order valence-electron chi connectivity index (χ3n) is 4.68. The third-order valence-corrected chi connectivity index (χ3v) is 4.68. The first kappa shape index (κ1) is 18.7. The van der Waals surface area contributed by atoms with Gasteiger partial charge in [-0.3, -0.25) is 4.79 Å². The minimum Gasteiger partial charge on any atom is -0.455 e. The number of hydrogen-bond acceptors (Lipinski definition) is 4. The number of carbonyl (C=O) groups excluding carboxylic acids is 1. The van der Waals surface area contributed by atoms with Gasteiger partial charge in [0.05, 0.1) is 5.71 Å². The average molecular weight is 367 g/mol. The van der Waals surface area contributed by atoms with Gasteiger partial charge >= 0.3 is 0 Å². The van der Waals surface area contributed by atoms with Crippen molar-refractivity contribution in [3.05, 3.63) is 52.5 Å². The summed E-state index contributed by atoms with van der Waals surface area (Å²) in [5.74, 6) is 0.870. The lowest BCUT2D eigenvalue weighted by Gasteiger charge is -2.20. The summed E-state index contributed by atoms with van der Waals surface area (Å²) < 4.78 is 5.99. The minimum atomic E-state index is -0.156. The molecule has 1 aromatic heterocycles. The molecule has 0 aliphatic heterocycles. The van der Waals surface area contributed by atoms with Crippen LogP contribution < -0.4 is 16.4 Å². The van der Waals surface area contributed by atoms with Crippen LogP contribution in [0, 0.1) is 13.8 Å². The van der Waals surface area contributed by atoms with E-state index in [1.54, 1.807) is 4.90 Å². The van der Waals surface area contributed by atoms with Gasteiger partial charge in [-0.25, -0.2) is 0 Å². The van der Waals surface area contributed by atoms with Gasteiger partial charge in [-0.15, -0.1) is 5.10 Å². The predicted octanol–water partition coefficient (Wildman–Crippen LogP) is 2.88. The molecule has 142 valence electrons. The van der Waals surface area contributed by atoms with Crippen molar-refractivity contribution in [2.45, 2.75) is 40.0 Å². The molecule has 27 heavy (non-hydrogen) atoms. The normalized spacial score (nSPS) is 14.7. The van der Waals surface area contributed by atoms with Crippen LogP contribution in [0.25, 0.3) is 0 Å². The zero-order valence-corrected chi connectivity index (χ0v) is 16.0. The molecule has 4 N–H and O–H groups in total. The zero-order chi connectivity index (χ0) is 19.6. The highest BCUT2D eigenvalue weighted by Crippen LogP contribution is 2.31. The molecule has 0 spiro atoms. The Labute approximate surface area is 158 Å². The summed E-state index contributed by atoms with van der Waals surface area (Å²) >= 11 is 0. The number of carbonyl (C=O) groups is 1. The predicted molar refractivity (Wildman–Crippen MR) is 107 cm³/mol. The van der Waals surface area contributed by atoms with Gasteiger partial charge in [0, 0.05) is 29.8 Å². The van der Waals surface area contributed by atoms with Crippen molar-refractivity contribution in [2.24, 2.45) is 21.7 Å². The number of rotatable bonds is 4. The Balaban J connectivity index is 2.02. The molecule has 7 nitrogen and oxygen atoms in total. The number of nitrogens with two attached hydrogens (primary N) is 2. The first-order chi connectivity index (χ1) is 12.9. The maximum atomic E-state index is 13.2. The number of hydrogen-bond donors (Lipinski definition) is 2. The molecular weight excluding hydrogens is 342 g/mol. The Kier molecular flexibility index (Phi) is 5.30. The summed E-state index contributed by atoms with van der Waals surface area (Å²) in [6.07, 6.45) is 2.38. The van der Waals surface area contributed by atoms with Crippen LogP contribution in [0.3, 0.4) is 0 Å². The smallest absolute Gasteiger partial charge is 0.294 e. The summed E-state index contributed by atoms with van der Waals surface area (Å²) in [6, 6.07) is 7.87. The monoisotopic (exact) mass is 367 g/mol. The fourth-order valence-corrected chi connectivity index (χ4v) is 3.45. The number of anilines is 1. The molecular formula is C20H25N5O2. The highest BCUT2D eigenvalue weighted by atomic mass is 16.4. The maximum absolute atomic E-state index is 13.2. The molecule has 1 aromatic carbocycles. The molecule has 0 bridgehead atoms. The number of fused-ring (bicyclic) bond motifs is 1. The second-order valence-electron chi connectivity index (χ2n) is 6.67. The van der Waals surface area contributed by atoms with E-state index in [2.05, 4.69) is 10.2 Å². The molecule has 1 amide bonds. The van der Waals surface area contributed by atoms with Gasteiger partial charge in [0.25, 0.3) is 5.91 Å². The Hall–Kier alpha value is -3.09. The van der Waals surface area contributed by atoms with Gasteiger partial charge in [0.2, 0.25) is 5.96 Å². The van der Waals surface area contributed by atoms with E-state index in [1.165, 1.54) is 0 Å². The summed E-state index contributed by atoms with van der Waals surface area (Å²) in [5, 5.41) is 7.94. The highest BCUT2D eigenvalue weighted by molar-refractivity contribution is 6.10. The van der Waals surface area contributed by atoms with Gasteiger partial charge in [-0.1, -0.05) is 12.1 Å². The average Bonchev–Trinajstić information content (AvgIpc) is 2.98. The van der Waals surface area contributed by atoms with Crippen molar-refractivity contribution < 1.29 is 9.21 Å². The van der Waals surface area contributed by atoms with Crippen molar-refractivity contribution in [3.8, 4) is 0 Å². The van der Waals surface area contributed by atoms with Crippen molar-refractivity contribution in [1.29, 1.82) is 0 Å². The first-order valence-corrected chi connectivity index (χ1v) is 9.09. The first-order valence-electron chi connectivity index (χ1n) is 9.09. The van der Waals surface area contributed by atoms with E-state index in [9.17, 15) is 4.79 Å². The fourth-order valence-electron chi connectivity index (χ4n) is 3.45. The number of benzene rings is 1. The molecule has 1 heterocycles. The fraction of sp³-hybridized carbons (Fsp3) is 0.350. The van der Waals surface area contributed by atoms with Crippen LogP contribution >= 0.6 is 0 Å². The Morgan fingerprint density at radius 2 is 2.04 bits per heavy atom. The molecule has 1 aliphatic rings. The van der Waals surface area contributed by atoms with E-state index < -0.39 is 0 Å². The van der Waals surface area contributed by atoms with Crippen molar-refractivity contribution >= 4 is 23.3 Å². The second kappa shape index (κ2) is 7.65. The van der Waals surface area contributed by atoms with Crippen LogP contribution in [0.5, 0.6) is 0 Å². The van der Waals surface area contributed by atoms with Gasteiger partial charge in [0.1, 0.15) is 5.76 Å². The maximum Gasteiger partial charge on any atom is 0.294 e. The van der Waals surface area contributed by atoms with Gasteiger partial charge in [0.15, 0.2) is 5.76 Å². The third kappa shape index (κ3) is 3.72. The van der Waals surface area contributed by atoms with Gasteiger partial charge < -0.3 is 20.8 Å². The van der Waals surface area contributed by atoms with Gasteiger partial charge in [-0.05, 0) is 51.3 Å². The van der Waals surface area contributed by atoms with Crippen LogP contribution in [-0.2, 0) is 6.42 Å². The molecule has 0 unspecified atom stereocenters. The summed E-state index contributed by atoms with van der Waals surface area (Å²) in [5.41, 5.74) is 15.1. The molecule has 0 saturated heterocycles. The number of aryl methyl sites for hydroxylation is 2. The molecule has 0 radical (unpaired) electrons. The minimum absolute atomic E-state index is 0.0938. The molecule has 3 rings (SSSR count). The number of nitrogens with zero attached hydrogens (tertiary/aromatic N) is 3. The molecule has 0 atom stereocenters. The van der Waals surface area contributed by atoms with Crippen LogP contribution in [0.1, 0.15) is 52.8 Å². The lowest BCUT2D eigenvalue weighted by Crippen LogP contribution is -2.30. The van der Waals surface area contributed by atoms with E-state index in [1.807, 2.05) is 45.0 Å². The Morgan fingerprint density at radius 1 is 1.26 bits per heavy atom. The SMILES string of the molecule is CCN(C(=O)c1oc2c(c1C)/C(=N/N=C(N)N)CCC2)c1cccc(C)c1. The van der Waals surface area contributed by atoms with E-state index >= 15 is 0 Å². The van der Waals surface area contributed by atoms with E-state index in [4.69, 9.17) is 15.9 Å². The number of furan rings is 1. The molecule has 0 fully saturated rings. The number of amides is 1. The summed E-state index contributed by atoms with van der Waals surface area (Å²) in [6.45, 7) is 6.38. The molecule has 2 aromatic rings. The molecule has 7 heteroatoms. The second-order valence-corrected chi connectivity index (χ2v) is 6.67. The highest BCUT2D eigenvalue weighted by Gasteiger charge is 2.30. The van der Waals surface area contributed by atoms with Crippen LogP contribution in [0.4, 0.5) is 5.69 Å². The molecule has 0 saturated carbocycles. The van der Waals surface area contributed by atoms with E-state index in [-0.39, 0.29) is 11.9 Å². The van der Waals surface area contributed by atoms with Gasteiger partial charge in [-0.2, -0.15) is 5.10 Å². The topological polar surface area (TPSA) is 110 Å². The zero-order valence-electron chi connectivity index (χ0n) is 16.0. The standard InChI is InChI=1S/C20H25N5O2/c1-4-25(14-8-5-7-12(2)11-14)19(26)18-13(3)17-15(23-24-20(21)22)9-6-10-16(17)27-18/h5,7-8,11H,4,6,9-10H2,1-3H3,(H4,21,22,24)/b23-15+. The van der Waals surface area contributed by atoms with Crippen LogP contribution in [0.2, 0.25) is 0 Å². The quantitative estimate of drug-likeness (QED) is 0.492. The van der Waals surface area contributed by atoms with Crippen molar-refractivity contribution in [3.63, 3.8) is 0 Å². The van der Waals surface area contributed by atoms with Crippen molar-refractivity contribution in [1.82, 2.24) is 0 Å². The van der Waals surface area contributed by atoms with Crippen LogP contribution in [-0.4, -0.2) is 24.1 Å². The Bertz CT molecular complexity index is 922. The van der Waals surface area contributed by atoms with Crippen molar-refractivity contribution in [2.75, 3.05) is 11.4 Å². The van der Waals surface area contributed by atoms with E-state index in [0.717, 1.165) is 53.1 Å². The Morgan fingerprint density at radius 3 is 2.70 bits per heavy atom. The molecule has 1 aliphatic carbocycles. The largest absolute Gasteiger partial charge is 0.455 e. The lowest BCUT2D eigenvalue weighted by atomic mass is 9.93. The summed E-state index contributed by atoms with van der Waals surface area (Å²) in [7, 11) is 0. The number of guanidine groups is 1. The summed E-state index contributed by atoms with van der Waals surface area (Å²) in [4.78, 5) is 14.9.